The van der Waals surface area contributed by atoms with Crippen LogP contribution in [0.3, 0.4) is 0 Å². The van der Waals surface area contributed by atoms with Gasteiger partial charge in [0.1, 0.15) is 0 Å². The van der Waals surface area contributed by atoms with Gasteiger partial charge in [-0.1, -0.05) is 13.8 Å². The Morgan fingerprint density at radius 3 is 2.29 bits per heavy atom. The zero-order valence-electron chi connectivity index (χ0n) is 8.49. The monoisotopic (exact) mass is 213 g/mol. The first-order valence-corrected chi connectivity index (χ1v) is 5.55. The maximum absolute atomic E-state index is 11.6. The van der Waals surface area contributed by atoms with Crippen LogP contribution in [-0.4, -0.2) is 29.0 Å². The minimum atomic E-state index is -0.0782. The molecule has 1 saturated heterocycles. The Morgan fingerprint density at radius 1 is 1.36 bits per heavy atom. The smallest absolute Gasteiger partial charge is 0.233 e. The molecule has 1 aliphatic heterocycles. The molecule has 2 rings (SSSR count). The van der Waals surface area contributed by atoms with Gasteiger partial charge in [-0.15, -0.1) is 0 Å². The molecule has 0 aromatic carbocycles. The number of fused-ring (bicyclic) bond motifs is 1. The van der Waals surface area contributed by atoms with Crippen LogP contribution in [0, 0.1) is 17.3 Å². The van der Waals surface area contributed by atoms with Crippen molar-refractivity contribution in [3.05, 3.63) is 0 Å². The number of carbonyl (C=O) groups is 2. The quantitative estimate of drug-likeness (QED) is 0.560. The largest absolute Gasteiger partial charge is 0.282 e. The molecule has 0 bridgehead atoms. The van der Waals surface area contributed by atoms with Gasteiger partial charge in [-0.2, -0.15) is 12.6 Å². The molecule has 0 aromatic rings. The van der Waals surface area contributed by atoms with Crippen LogP contribution in [0.2, 0.25) is 0 Å². The topological polar surface area (TPSA) is 37.4 Å². The molecule has 78 valence electrons. The SMILES string of the molecule is CC(C)(CS)CN1C(=O)C2CC2C1=O. The van der Waals surface area contributed by atoms with Crippen LogP contribution in [0.4, 0.5) is 0 Å². The molecule has 2 fully saturated rings. The molecule has 0 radical (unpaired) electrons. The van der Waals surface area contributed by atoms with Crippen LogP contribution in [0.25, 0.3) is 0 Å². The zero-order chi connectivity index (χ0) is 10.5. The predicted octanol–water partition coefficient (Wildman–Crippen LogP) is 0.947. The number of hydrogen-bond acceptors (Lipinski definition) is 3. The van der Waals surface area contributed by atoms with Gasteiger partial charge in [-0.3, -0.25) is 14.5 Å². The van der Waals surface area contributed by atoms with Crippen molar-refractivity contribution in [1.82, 2.24) is 4.90 Å². The fourth-order valence-electron chi connectivity index (χ4n) is 1.88. The van der Waals surface area contributed by atoms with E-state index in [9.17, 15) is 9.59 Å². The Balaban J connectivity index is 2.06. The third-order valence-corrected chi connectivity index (χ3v) is 3.83. The summed E-state index contributed by atoms with van der Waals surface area (Å²) in [6.45, 7) is 4.55. The molecule has 0 spiro atoms. The molecule has 1 aliphatic carbocycles. The number of carbonyl (C=O) groups excluding carboxylic acids is 2. The molecule has 1 heterocycles. The lowest BCUT2D eigenvalue weighted by molar-refractivity contribution is -0.142. The van der Waals surface area contributed by atoms with Gasteiger partial charge in [0.2, 0.25) is 11.8 Å². The number of likely N-dealkylation sites (tertiary alicyclic amines) is 1. The summed E-state index contributed by atoms with van der Waals surface area (Å²) in [6.07, 6.45) is 0.787. The lowest BCUT2D eigenvalue weighted by Gasteiger charge is -2.28. The van der Waals surface area contributed by atoms with E-state index in [0.717, 1.165) is 6.42 Å². The first-order valence-electron chi connectivity index (χ1n) is 4.92. The van der Waals surface area contributed by atoms with E-state index in [-0.39, 0.29) is 29.1 Å². The average Bonchev–Trinajstić information content (AvgIpc) is 2.87. The van der Waals surface area contributed by atoms with Gasteiger partial charge in [0.05, 0.1) is 11.8 Å². The Labute approximate surface area is 89.3 Å². The van der Waals surface area contributed by atoms with Gasteiger partial charge in [0.25, 0.3) is 0 Å². The van der Waals surface area contributed by atoms with E-state index in [1.54, 1.807) is 0 Å². The molecular formula is C10H15NO2S. The van der Waals surface area contributed by atoms with Crippen molar-refractivity contribution in [3.8, 4) is 0 Å². The summed E-state index contributed by atoms with van der Waals surface area (Å²) in [7, 11) is 0. The third-order valence-electron chi connectivity index (χ3n) is 2.97. The summed E-state index contributed by atoms with van der Waals surface area (Å²) < 4.78 is 0. The second kappa shape index (κ2) is 2.99. The third kappa shape index (κ3) is 1.45. The summed E-state index contributed by atoms with van der Waals surface area (Å²) >= 11 is 4.22. The number of amides is 2. The van der Waals surface area contributed by atoms with E-state index in [4.69, 9.17) is 0 Å². The molecule has 2 amide bonds. The Hall–Kier alpha value is -0.510. The number of rotatable bonds is 3. The minimum Gasteiger partial charge on any atom is -0.282 e. The van der Waals surface area contributed by atoms with Crippen molar-refractivity contribution in [2.24, 2.45) is 17.3 Å². The molecule has 2 unspecified atom stereocenters. The van der Waals surface area contributed by atoms with E-state index in [0.29, 0.717) is 12.3 Å². The summed E-state index contributed by atoms with van der Waals surface area (Å²) in [5.41, 5.74) is -0.0782. The van der Waals surface area contributed by atoms with Gasteiger partial charge < -0.3 is 0 Å². The molecule has 14 heavy (non-hydrogen) atoms. The van der Waals surface area contributed by atoms with Gasteiger partial charge in [0.15, 0.2) is 0 Å². The molecule has 4 heteroatoms. The molecule has 1 saturated carbocycles. The summed E-state index contributed by atoms with van der Waals surface area (Å²) in [4.78, 5) is 24.7. The minimum absolute atomic E-state index is 0.0261. The fraction of sp³-hybridized carbons (Fsp3) is 0.800. The number of piperidine rings is 1. The van der Waals surface area contributed by atoms with Crippen LogP contribution < -0.4 is 0 Å². The molecule has 2 atom stereocenters. The maximum Gasteiger partial charge on any atom is 0.233 e. The highest BCUT2D eigenvalue weighted by Crippen LogP contribution is 2.47. The Bertz CT molecular complexity index is 280. The summed E-state index contributed by atoms with van der Waals surface area (Å²) in [5, 5.41) is 0. The normalized spacial score (nSPS) is 30.9. The van der Waals surface area contributed by atoms with Crippen molar-refractivity contribution >= 4 is 24.4 Å². The molecule has 0 N–H and O–H groups in total. The van der Waals surface area contributed by atoms with Crippen molar-refractivity contribution in [2.45, 2.75) is 20.3 Å². The van der Waals surface area contributed by atoms with Gasteiger partial charge in [0, 0.05) is 6.54 Å². The lowest BCUT2D eigenvalue weighted by atomic mass is 9.95. The standard InChI is InChI=1S/C10H15NO2S/c1-10(2,5-14)4-11-8(12)6-3-7(6)9(11)13/h6-7,14H,3-5H2,1-2H3. The highest BCUT2D eigenvalue weighted by molar-refractivity contribution is 7.80. The van der Waals surface area contributed by atoms with Crippen molar-refractivity contribution < 1.29 is 9.59 Å². The number of hydrogen-bond donors (Lipinski definition) is 1. The first kappa shape index (κ1) is 10.0. The van der Waals surface area contributed by atoms with E-state index < -0.39 is 0 Å². The number of imide groups is 1. The van der Waals surface area contributed by atoms with Gasteiger partial charge in [-0.25, -0.2) is 0 Å². The van der Waals surface area contributed by atoms with E-state index in [2.05, 4.69) is 12.6 Å². The number of nitrogens with zero attached hydrogens (tertiary/aromatic N) is 1. The highest BCUT2D eigenvalue weighted by atomic mass is 32.1. The van der Waals surface area contributed by atoms with Crippen LogP contribution in [0.15, 0.2) is 0 Å². The molecule has 2 aliphatic rings. The van der Waals surface area contributed by atoms with Crippen LogP contribution in [0.5, 0.6) is 0 Å². The predicted molar refractivity (Wildman–Crippen MR) is 56.0 cm³/mol. The molecule has 0 aromatic heterocycles. The lowest BCUT2D eigenvalue weighted by Crippen LogP contribution is -2.41. The van der Waals surface area contributed by atoms with Gasteiger partial charge in [-0.05, 0) is 17.6 Å². The Morgan fingerprint density at radius 2 is 1.86 bits per heavy atom. The van der Waals surface area contributed by atoms with Crippen LogP contribution in [-0.2, 0) is 9.59 Å². The van der Waals surface area contributed by atoms with Crippen LogP contribution >= 0.6 is 12.6 Å². The fourth-order valence-corrected chi connectivity index (χ4v) is 1.98. The molecular weight excluding hydrogens is 198 g/mol. The second-order valence-electron chi connectivity index (χ2n) is 5.03. The summed E-state index contributed by atoms with van der Waals surface area (Å²) in [6, 6.07) is 0. The van der Waals surface area contributed by atoms with E-state index in [1.165, 1.54) is 4.90 Å². The second-order valence-corrected chi connectivity index (χ2v) is 5.35. The average molecular weight is 213 g/mol. The maximum atomic E-state index is 11.6. The highest BCUT2D eigenvalue weighted by Gasteiger charge is 2.59. The number of thiol groups is 1. The van der Waals surface area contributed by atoms with Crippen molar-refractivity contribution in [1.29, 1.82) is 0 Å². The van der Waals surface area contributed by atoms with E-state index >= 15 is 0 Å². The first-order chi connectivity index (χ1) is 6.46. The zero-order valence-corrected chi connectivity index (χ0v) is 9.38. The van der Waals surface area contributed by atoms with Gasteiger partial charge >= 0.3 is 0 Å². The Kier molecular flexibility index (Phi) is 2.14. The van der Waals surface area contributed by atoms with E-state index in [1.807, 2.05) is 13.8 Å². The van der Waals surface area contributed by atoms with Crippen molar-refractivity contribution in [2.75, 3.05) is 12.3 Å². The summed E-state index contributed by atoms with van der Waals surface area (Å²) in [5.74, 6) is 0.806. The van der Waals surface area contributed by atoms with Crippen molar-refractivity contribution in [3.63, 3.8) is 0 Å². The van der Waals surface area contributed by atoms with Crippen LogP contribution in [0.1, 0.15) is 20.3 Å². The molecule has 3 nitrogen and oxygen atoms in total.